The van der Waals surface area contributed by atoms with Gasteiger partial charge in [0.2, 0.25) is 0 Å². The van der Waals surface area contributed by atoms with Gasteiger partial charge in [-0.05, 0) is 44.4 Å². The second-order valence-electron chi connectivity index (χ2n) is 5.46. The van der Waals surface area contributed by atoms with Crippen LogP contribution >= 0.6 is 0 Å². The zero-order valence-corrected chi connectivity index (χ0v) is 12.0. The van der Waals surface area contributed by atoms with Gasteiger partial charge in [0, 0.05) is 25.0 Å². The highest BCUT2D eigenvalue weighted by Gasteiger charge is 2.29. The van der Waals surface area contributed by atoms with Gasteiger partial charge in [-0.25, -0.2) is 0 Å². The molecule has 1 saturated carbocycles. The predicted octanol–water partition coefficient (Wildman–Crippen LogP) is 1.97. The number of aromatic nitrogens is 2. The first-order valence-corrected chi connectivity index (χ1v) is 7.52. The lowest BCUT2D eigenvalue weighted by Crippen LogP contribution is -2.45. The smallest absolute Gasteiger partial charge is 0.256 e. The molecule has 21 heavy (non-hydrogen) atoms. The van der Waals surface area contributed by atoms with Crippen LogP contribution in [0.4, 0.5) is 0 Å². The molecule has 3 rings (SSSR count). The van der Waals surface area contributed by atoms with Gasteiger partial charge in [-0.15, -0.1) is 0 Å². The summed E-state index contributed by atoms with van der Waals surface area (Å²) in [5.41, 5.74) is 7.69. The van der Waals surface area contributed by atoms with Crippen molar-refractivity contribution in [1.29, 1.82) is 0 Å². The first-order chi connectivity index (χ1) is 10.3. The molecule has 0 bridgehead atoms. The molecule has 1 fully saturated rings. The summed E-state index contributed by atoms with van der Waals surface area (Å²) >= 11 is 0. The number of carbonyl (C=O) groups excluding carboxylic acids is 1. The van der Waals surface area contributed by atoms with Gasteiger partial charge in [0.1, 0.15) is 5.52 Å². The van der Waals surface area contributed by atoms with Crippen LogP contribution in [0.5, 0.6) is 0 Å². The lowest BCUT2D eigenvalue weighted by atomic mass is 9.90. The maximum absolute atomic E-state index is 12.9. The fourth-order valence-electron chi connectivity index (χ4n) is 2.73. The van der Waals surface area contributed by atoms with Gasteiger partial charge in [0.15, 0.2) is 0 Å². The van der Waals surface area contributed by atoms with Gasteiger partial charge >= 0.3 is 0 Å². The highest BCUT2D eigenvalue weighted by atomic mass is 16.2. The van der Waals surface area contributed by atoms with Crippen molar-refractivity contribution in [1.82, 2.24) is 14.9 Å². The van der Waals surface area contributed by atoms with Crippen molar-refractivity contribution in [3.05, 3.63) is 36.2 Å². The van der Waals surface area contributed by atoms with E-state index in [4.69, 9.17) is 5.73 Å². The number of para-hydroxylation sites is 1. The van der Waals surface area contributed by atoms with E-state index >= 15 is 0 Å². The Labute approximate surface area is 124 Å². The van der Waals surface area contributed by atoms with Crippen molar-refractivity contribution in [3.63, 3.8) is 0 Å². The molecule has 1 aromatic heterocycles. The Morgan fingerprint density at radius 2 is 2.10 bits per heavy atom. The normalized spacial score (nSPS) is 14.9. The minimum atomic E-state index is 0.0549. The number of carbonyl (C=O) groups is 1. The van der Waals surface area contributed by atoms with Crippen LogP contribution in [0.25, 0.3) is 11.0 Å². The van der Waals surface area contributed by atoms with Crippen molar-refractivity contribution in [2.24, 2.45) is 5.73 Å². The van der Waals surface area contributed by atoms with Crippen LogP contribution in [0.3, 0.4) is 0 Å². The average molecular weight is 284 g/mol. The van der Waals surface area contributed by atoms with Crippen molar-refractivity contribution >= 4 is 16.9 Å². The van der Waals surface area contributed by atoms with E-state index in [0.717, 1.165) is 31.3 Å². The molecule has 0 radical (unpaired) electrons. The maximum Gasteiger partial charge on any atom is 0.256 e. The molecule has 110 valence electrons. The molecule has 0 atom stereocenters. The Bertz CT molecular complexity index is 634. The van der Waals surface area contributed by atoms with Gasteiger partial charge in [-0.1, -0.05) is 6.07 Å². The molecule has 5 heteroatoms. The zero-order valence-electron chi connectivity index (χ0n) is 12.0. The number of hydrogen-bond donors (Lipinski definition) is 1. The molecule has 2 aromatic rings. The molecule has 0 saturated heterocycles. The third-order valence-corrected chi connectivity index (χ3v) is 4.11. The number of nitrogens with zero attached hydrogens (tertiary/aromatic N) is 3. The van der Waals surface area contributed by atoms with E-state index in [2.05, 4.69) is 9.97 Å². The first-order valence-electron chi connectivity index (χ1n) is 7.52. The van der Waals surface area contributed by atoms with Gasteiger partial charge in [0.25, 0.3) is 5.91 Å². The summed E-state index contributed by atoms with van der Waals surface area (Å²) in [5.74, 6) is 0.0549. The largest absolute Gasteiger partial charge is 0.336 e. The van der Waals surface area contributed by atoms with Crippen molar-refractivity contribution in [3.8, 4) is 0 Å². The highest BCUT2D eigenvalue weighted by molar-refractivity contribution is 6.04. The summed E-state index contributed by atoms with van der Waals surface area (Å²) in [5, 5.41) is 0. The summed E-state index contributed by atoms with van der Waals surface area (Å²) in [7, 11) is 0. The molecule has 1 aromatic carbocycles. The lowest BCUT2D eigenvalue weighted by molar-refractivity contribution is 0.0580. The highest BCUT2D eigenvalue weighted by Crippen LogP contribution is 2.27. The summed E-state index contributed by atoms with van der Waals surface area (Å²) in [6, 6.07) is 5.95. The molecular weight excluding hydrogens is 264 g/mol. The lowest BCUT2D eigenvalue weighted by Gasteiger charge is -2.37. The summed E-state index contributed by atoms with van der Waals surface area (Å²) in [6.07, 6.45) is 7.49. The molecular formula is C16H20N4O. The molecule has 1 aliphatic carbocycles. The second-order valence-corrected chi connectivity index (χ2v) is 5.46. The molecule has 0 spiro atoms. The van der Waals surface area contributed by atoms with E-state index in [1.807, 2.05) is 23.1 Å². The van der Waals surface area contributed by atoms with Crippen LogP contribution in [0.2, 0.25) is 0 Å². The second kappa shape index (κ2) is 6.18. The Morgan fingerprint density at radius 3 is 2.81 bits per heavy atom. The number of rotatable bonds is 5. The summed E-state index contributed by atoms with van der Waals surface area (Å²) in [6.45, 7) is 1.32. The minimum absolute atomic E-state index is 0.0549. The fourth-order valence-corrected chi connectivity index (χ4v) is 2.73. The number of fused-ring (bicyclic) bond motifs is 1. The minimum Gasteiger partial charge on any atom is -0.336 e. The molecule has 1 aliphatic rings. The van der Waals surface area contributed by atoms with E-state index < -0.39 is 0 Å². The quantitative estimate of drug-likeness (QED) is 0.911. The van der Waals surface area contributed by atoms with Crippen LogP contribution in [-0.4, -0.2) is 39.9 Å². The summed E-state index contributed by atoms with van der Waals surface area (Å²) in [4.78, 5) is 23.5. The van der Waals surface area contributed by atoms with Crippen molar-refractivity contribution < 1.29 is 4.79 Å². The topological polar surface area (TPSA) is 72.1 Å². The van der Waals surface area contributed by atoms with Crippen LogP contribution in [0, 0.1) is 0 Å². The van der Waals surface area contributed by atoms with Gasteiger partial charge in [-0.3, -0.25) is 14.8 Å². The van der Waals surface area contributed by atoms with Crippen LogP contribution in [0.15, 0.2) is 30.6 Å². The number of amides is 1. The number of nitrogens with two attached hydrogens (primary N) is 1. The summed E-state index contributed by atoms with van der Waals surface area (Å²) < 4.78 is 0. The number of hydrogen-bond acceptors (Lipinski definition) is 4. The third kappa shape index (κ3) is 2.74. The molecule has 1 heterocycles. The standard InChI is InChI=1S/C16H20N4O/c17-8-3-11-20(12-4-1-5-12)16(21)13-6-2-7-14-15(13)19-10-9-18-14/h2,6-7,9-10,12H,1,3-5,8,11,17H2. The number of benzene rings is 1. The van der Waals surface area contributed by atoms with Gasteiger partial charge in [0.05, 0.1) is 11.1 Å². The van der Waals surface area contributed by atoms with E-state index in [9.17, 15) is 4.79 Å². The zero-order chi connectivity index (χ0) is 14.7. The van der Waals surface area contributed by atoms with Gasteiger partial charge < -0.3 is 10.6 Å². The van der Waals surface area contributed by atoms with Crippen molar-refractivity contribution in [2.75, 3.05) is 13.1 Å². The Hall–Kier alpha value is -2.01. The fraction of sp³-hybridized carbons (Fsp3) is 0.438. The van der Waals surface area contributed by atoms with E-state index in [0.29, 0.717) is 23.7 Å². The van der Waals surface area contributed by atoms with E-state index in [-0.39, 0.29) is 5.91 Å². The van der Waals surface area contributed by atoms with E-state index in [1.54, 1.807) is 12.4 Å². The average Bonchev–Trinajstić information content (AvgIpc) is 2.48. The first kappa shape index (κ1) is 13.9. The molecule has 0 aliphatic heterocycles. The Balaban J connectivity index is 1.93. The van der Waals surface area contributed by atoms with Crippen molar-refractivity contribution in [2.45, 2.75) is 31.7 Å². The maximum atomic E-state index is 12.9. The van der Waals surface area contributed by atoms with Gasteiger partial charge in [-0.2, -0.15) is 0 Å². The van der Waals surface area contributed by atoms with Crippen LogP contribution < -0.4 is 5.73 Å². The Kier molecular flexibility index (Phi) is 4.10. The van der Waals surface area contributed by atoms with E-state index in [1.165, 1.54) is 6.42 Å². The van der Waals surface area contributed by atoms with Crippen LogP contribution in [0.1, 0.15) is 36.0 Å². The molecule has 5 nitrogen and oxygen atoms in total. The molecule has 2 N–H and O–H groups in total. The molecule has 1 amide bonds. The van der Waals surface area contributed by atoms with Crippen LogP contribution in [-0.2, 0) is 0 Å². The Morgan fingerprint density at radius 1 is 1.29 bits per heavy atom. The monoisotopic (exact) mass is 284 g/mol. The molecule has 0 unspecified atom stereocenters. The predicted molar refractivity (Wildman–Crippen MR) is 81.9 cm³/mol. The SMILES string of the molecule is NCCCN(C(=O)c1cccc2nccnc12)C1CCC1. The third-order valence-electron chi connectivity index (χ3n) is 4.11.